The molecule has 1 rings (SSSR count). The minimum atomic E-state index is -0.558. The zero-order chi connectivity index (χ0) is 14.5. The molecule has 0 radical (unpaired) electrons. The van der Waals surface area contributed by atoms with E-state index in [9.17, 15) is 4.79 Å². The van der Waals surface area contributed by atoms with E-state index in [0.29, 0.717) is 6.54 Å². The van der Waals surface area contributed by atoms with Gasteiger partial charge in [-0.25, -0.2) is 0 Å². The van der Waals surface area contributed by atoms with Gasteiger partial charge in [0.05, 0.1) is 0 Å². The van der Waals surface area contributed by atoms with E-state index < -0.39 is 5.92 Å². The van der Waals surface area contributed by atoms with Crippen LogP contribution in [0.25, 0.3) is 0 Å². The Morgan fingerprint density at radius 3 is 2.42 bits per heavy atom. The molecule has 0 heterocycles. The van der Waals surface area contributed by atoms with Crippen molar-refractivity contribution in [3.8, 4) is 0 Å². The van der Waals surface area contributed by atoms with Gasteiger partial charge < -0.3 is 16.3 Å². The van der Waals surface area contributed by atoms with Crippen molar-refractivity contribution >= 4 is 11.7 Å². The molecule has 1 amide bonds. The van der Waals surface area contributed by atoms with E-state index in [1.807, 2.05) is 13.8 Å². The van der Waals surface area contributed by atoms with Gasteiger partial charge in [0, 0.05) is 6.54 Å². The van der Waals surface area contributed by atoms with Crippen LogP contribution in [0.1, 0.15) is 52.9 Å². The number of oxime groups is 1. The zero-order valence-electron chi connectivity index (χ0n) is 12.3. The fourth-order valence-corrected chi connectivity index (χ4v) is 2.83. The number of amides is 1. The van der Waals surface area contributed by atoms with Gasteiger partial charge in [0.15, 0.2) is 5.84 Å². The number of carbonyl (C=O) groups excluding carboxylic acids is 1. The maximum absolute atomic E-state index is 12.2. The predicted octanol–water partition coefficient (Wildman–Crippen LogP) is 2.09. The molecule has 1 atom stereocenters. The zero-order valence-corrected chi connectivity index (χ0v) is 12.3. The Labute approximate surface area is 115 Å². The molecule has 1 aliphatic rings. The van der Waals surface area contributed by atoms with Crippen molar-refractivity contribution < 1.29 is 10.0 Å². The molecule has 1 fully saturated rings. The second-order valence-corrected chi connectivity index (χ2v) is 6.34. The molecule has 0 saturated heterocycles. The lowest BCUT2D eigenvalue weighted by atomic mass is 9.75. The molecule has 4 N–H and O–H groups in total. The molecular formula is C14H27N3O2. The van der Waals surface area contributed by atoms with Gasteiger partial charge in [-0.2, -0.15) is 0 Å². The van der Waals surface area contributed by atoms with Crippen LogP contribution in [-0.2, 0) is 4.79 Å². The summed E-state index contributed by atoms with van der Waals surface area (Å²) in [5, 5.41) is 14.7. The van der Waals surface area contributed by atoms with E-state index in [-0.39, 0.29) is 23.1 Å². The lowest BCUT2D eigenvalue weighted by molar-refractivity contribution is -0.124. The second-order valence-electron chi connectivity index (χ2n) is 6.34. The van der Waals surface area contributed by atoms with Gasteiger partial charge in [-0.05, 0) is 24.2 Å². The quantitative estimate of drug-likeness (QED) is 0.309. The second kappa shape index (κ2) is 6.78. The van der Waals surface area contributed by atoms with Crippen LogP contribution in [0.4, 0.5) is 0 Å². The highest BCUT2D eigenvalue weighted by Gasteiger charge is 2.31. The summed E-state index contributed by atoms with van der Waals surface area (Å²) in [5.41, 5.74) is 5.79. The Morgan fingerprint density at radius 2 is 1.95 bits per heavy atom. The van der Waals surface area contributed by atoms with Crippen LogP contribution >= 0.6 is 0 Å². The molecule has 0 spiro atoms. The molecule has 110 valence electrons. The number of carbonyl (C=O) groups is 1. The summed E-state index contributed by atoms with van der Waals surface area (Å²) in [6.07, 6.45) is 6.08. The van der Waals surface area contributed by atoms with Crippen LogP contribution in [0.2, 0.25) is 0 Å². The standard InChI is InChI=1S/C14H27N3O2/c1-10(2)11(12(15)17-19)13(18)16-9-14(3)7-5-4-6-8-14/h10-11,19H,4-9H2,1-3H3,(H2,15,17)(H,16,18). The molecule has 0 aromatic carbocycles. The third kappa shape index (κ3) is 4.40. The van der Waals surface area contributed by atoms with E-state index in [2.05, 4.69) is 17.4 Å². The van der Waals surface area contributed by atoms with Gasteiger partial charge in [-0.15, -0.1) is 0 Å². The number of hydrogen-bond donors (Lipinski definition) is 3. The number of amidine groups is 1. The molecule has 5 nitrogen and oxygen atoms in total. The average Bonchev–Trinajstić information content (AvgIpc) is 2.37. The summed E-state index contributed by atoms with van der Waals surface area (Å²) in [6, 6.07) is 0. The molecular weight excluding hydrogens is 242 g/mol. The molecule has 0 bridgehead atoms. The molecule has 1 saturated carbocycles. The third-order valence-electron chi connectivity index (χ3n) is 4.13. The summed E-state index contributed by atoms with van der Waals surface area (Å²) in [7, 11) is 0. The maximum atomic E-state index is 12.2. The van der Waals surface area contributed by atoms with Crippen LogP contribution < -0.4 is 11.1 Å². The van der Waals surface area contributed by atoms with E-state index in [1.54, 1.807) is 0 Å². The number of nitrogens with zero attached hydrogens (tertiary/aromatic N) is 1. The Hall–Kier alpha value is -1.26. The van der Waals surface area contributed by atoms with Crippen molar-refractivity contribution in [2.45, 2.75) is 52.9 Å². The van der Waals surface area contributed by atoms with E-state index in [0.717, 1.165) is 12.8 Å². The number of nitrogens with two attached hydrogens (primary N) is 1. The molecule has 5 heteroatoms. The van der Waals surface area contributed by atoms with Crippen LogP contribution in [0.3, 0.4) is 0 Å². The van der Waals surface area contributed by atoms with Crippen molar-refractivity contribution in [1.82, 2.24) is 5.32 Å². The summed E-state index contributed by atoms with van der Waals surface area (Å²) >= 11 is 0. The largest absolute Gasteiger partial charge is 0.409 e. The summed E-state index contributed by atoms with van der Waals surface area (Å²) in [6.45, 7) is 6.68. The van der Waals surface area contributed by atoms with Crippen LogP contribution in [0.5, 0.6) is 0 Å². The van der Waals surface area contributed by atoms with Crippen molar-refractivity contribution in [2.24, 2.45) is 28.1 Å². The van der Waals surface area contributed by atoms with Gasteiger partial charge in [0.1, 0.15) is 5.92 Å². The highest BCUT2D eigenvalue weighted by atomic mass is 16.4. The Kier molecular flexibility index (Phi) is 5.63. The first-order valence-corrected chi connectivity index (χ1v) is 7.15. The molecule has 0 aromatic heterocycles. The van der Waals surface area contributed by atoms with Gasteiger partial charge in [0.2, 0.25) is 5.91 Å². The molecule has 0 aromatic rings. The molecule has 0 aliphatic heterocycles. The molecule has 19 heavy (non-hydrogen) atoms. The van der Waals surface area contributed by atoms with Crippen molar-refractivity contribution in [3.05, 3.63) is 0 Å². The highest BCUT2D eigenvalue weighted by Crippen LogP contribution is 2.35. The number of hydrogen-bond acceptors (Lipinski definition) is 3. The SMILES string of the molecule is CC(C)C(C(=O)NCC1(C)CCCCC1)C(N)=NO. The lowest BCUT2D eigenvalue weighted by Crippen LogP contribution is -2.45. The fourth-order valence-electron chi connectivity index (χ4n) is 2.83. The normalized spacial score (nSPS) is 21.2. The van der Waals surface area contributed by atoms with Crippen molar-refractivity contribution in [1.29, 1.82) is 0 Å². The third-order valence-corrected chi connectivity index (χ3v) is 4.13. The summed E-state index contributed by atoms with van der Waals surface area (Å²) in [5.74, 6) is -0.703. The van der Waals surface area contributed by atoms with Crippen LogP contribution in [0, 0.1) is 17.3 Å². The minimum absolute atomic E-state index is 0.00932. The van der Waals surface area contributed by atoms with E-state index in [1.165, 1.54) is 19.3 Å². The number of rotatable bonds is 5. The summed E-state index contributed by atoms with van der Waals surface area (Å²) < 4.78 is 0. The van der Waals surface area contributed by atoms with Gasteiger partial charge in [-0.1, -0.05) is 45.2 Å². The Bertz CT molecular complexity index is 334. The minimum Gasteiger partial charge on any atom is -0.409 e. The Balaban J connectivity index is 2.57. The van der Waals surface area contributed by atoms with E-state index >= 15 is 0 Å². The van der Waals surface area contributed by atoms with Gasteiger partial charge >= 0.3 is 0 Å². The van der Waals surface area contributed by atoms with Gasteiger partial charge in [0.25, 0.3) is 0 Å². The van der Waals surface area contributed by atoms with E-state index in [4.69, 9.17) is 10.9 Å². The highest BCUT2D eigenvalue weighted by molar-refractivity contribution is 6.02. The first-order chi connectivity index (χ1) is 8.89. The average molecular weight is 269 g/mol. The predicted molar refractivity (Wildman–Crippen MR) is 75.9 cm³/mol. The molecule has 1 unspecified atom stereocenters. The topological polar surface area (TPSA) is 87.7 Å². The smallest absolute Gasteiger partial charge is 0.231 e. The van der Waals surface area contributed by atoms with Crippen molar-refractivity contribution in [3.63, 3.8) is 0 Å². The summed E-state index contributed by atoms with van der Waals surface area (Å²) in [4.78, 5) is 12.2. The maximum Gasteiger partial charge on any atom is 0.231 e. The first kappa shape index (κ1) is 15.8. The van der Waals surface area contributed by atoms with Crippen LogP contribution in [0.15, 0.2) is 5.16 Å². The van der Waals surface area contributed by atoms with Crippen LogP contribution in [-0.4, -0.2) is 23.5 Å². The lowest BCUT2D eigenvalue weighted by Gasteiger charge is -2.34. The monoisotopic (exact) mass is 269 g/mol. The Morgan fingerprint density at radius 1 is 1.37 bits per heavy atom. The number of nitrogens with one attached hydrogen (secondary N) is 1. The van der Waals surface area contributed by atoms with Gasteiger partial charge in [-0.3, -0.25) is 4.79 Å². The van der Waals surface area contributed by atoms with Crippen molar-refractivity contribution in [2.75, 3.05) is 6.54 Å². The fraction of sp³-hybridized carbons (Fsp3) is 0.857. The molecule has 1 aliphatic carbocycles. The first-order valence-electron chi connectivity index (χ1n) is 7.15.